The molecule has 0 aromatic heterocycles. The molecule has 10 heteroatoms. The highest BCUT2D eigenvalue weighted by Crippen LogP contribution is 2.41. The Bertz CT molecular complexity index is 1580. The summed E-state index contributed by atoms with van der Waals surface area (Å²) in [5.41, 5.74) is 1.59. The Balaban J connectivity index is 1.47. The Morgan fingerprint density at radius 2 is 1.65 bits per heavy atom. The molecular formula is C27H19F5N4O. The van der Waals surface area contributed by atoms with Crippen molar-refractivity contribution in [2.45, 2.75) is 19.6 Å². The number of fused-ring (bicyclic) bond motifs is 1. The number of imidazole rings is 1. The van der Waals surface area contributed by atoms with Gasteiger partial charge in [0.25, 0.3) is 0 Å². The Labute approximate surface area is 208 Å². The van der Waals surface area contributed by atoms with Gasteiger partial charge in [0.2, 0.25) is 0 Å². The SMILES string of the molecule is COc1cc(Cn2cc3nc(-c4cccc(F)c4F)nc-3cn2)ccc1-c1ccc(C)cc1C(F)(F)F. The normalized spacial score (nSPS) is 11.8. The minimum Gasteiger partial charge on any atom is -0.496 e. The number of hydrogen-bond acceptors (Lipinski definition) is 4. The first kappa shape index (κ1) is 24.4. The zero-order valence-electron chi connectivity index (χ0n) is 19.6. The maximum Gasteiger partial charge on any atom is 0.417 e. The third-order valence-corrected chi connectivity index (χ3v) is 5.89. The second kappa shape index (κ2) is 9.27. The summed E-state index contributed by atoms with van der Waals surface area (Å²) >= 11 is 0. The molecule has 0 saturated carbocycles. The summed E-state index contributed by atoms with van der Waals surface area (Å²) in [6.07, 6.45) is -1.46. The molecule has 0 bridgehead atoms. The van der Waals surface area contributed by atoms with Crippen molar-refractivity contribution in [1.29, 1.82) is 0 Å². The van der Waals surface area contributed by atoms with Gasteiger partial charge < -0.3 is 4.74 Å². The summed E-state index contributed by atoms with van der Waals surface area (Å²) in [6, 6.07) is 12.9. The minimum absolute atomic E-state index is 0.0258. The Morgan fingerprint density at radius 1 is 0.892 bits per heavy atom. The lowest BCUT2D eigenvalue weighted by atomic mass is 9.95. The molecule has 0 fully saturated rings. The number of hydrogen-bond donors (Lipinski definition) is 0. The van der Waals surface area contributed by atoms with Gasteiger partial charge in [-0.25, -0.2) is 18.7 Å². The van der Waals surface area contributed by atoms with Crippen LogP contribution in [0.5, 0.6) is 5.75 Å². The van der Waals surface area contributed by atoms with Crippen molar-refractivity contribution in [2.75, 3.05) is 7.11 Å². The molecule has 0 atom stereocenters. The third kappa shape index (κ3) is 4.74. The predicted molar refractivity (Wildman–Crippen MR) is 127 cm³/mol. The van der Waals surface area contributed by atoms with E-state index >= 15 is 0 Å². The van der Waals surface area contributed by atoms with Gasteiger partial charge in [0.05, 0.1) is 37.2 Å². The van der Waals surface area contributed by atoms with Crippen molar-refractivity contribution in [3.05, 3.63) is 95.3 Å². The number of rotatable bonds is 5. The van der Waals surface area contributed by atoms with E-state index in [2.05, 4.69) is 15.1 Å². The van der Waals surface area contributed by atoms with Crippen molar-refractivity contribution in [3.63, 3.8) is 0 Å². The number of nitrogens with zero attached hydrogens (tertiary/aromatic N) is 4. The lowest BCUT2D eigenvalue weighted by Gasteiger charge is -2.17. The molecule has 0 amide bonds. The molecule has 3 aromatic rings. The van der Waals surface area contributed by atoms with Crippen LogP contribution in [0.15, 0.2) is 67.0 Å². The molecule has 188 valence electrons. The summed E-state index contributed by atoms with van der Waals surface area (Å²) in [7, 11) is 1.40. The molecule has 5 rings (SSSR count). The molecule has 0 aliphatic carbocycles. The first-order valence-electron chi connectivity index (χ1n) is 11.1. The molecule has 0 N–H and O–H groups in total. The molecule has 3 aromatic carbocycles. The molecule has 5 nitrogen and oxygen atoms in total. The number of ether oxygens (including phenoxy) is 1. The zero-order valence-corrected chi connectivity index (χ0v) is 19.6. The van der Waals surface area contributed by atoms with E-state index in [4.69, 9.17) is 4.74 Å². The lowest BCUT2D eigenvalue weighted by molar-refractivity contribution is -0.137. The molecule has 2 aliphatic rings. The van der Waals surface area contributed by atoms with Crippen molar-refractivity contribution in [3.8, 4) is 39.7 Å². The number of benzene rings is 3. The third-order valence-electron chi connectivity index (χ3n) is 5.89. The van der Waals surface area contributed by atoms with Crippen LogP contribution in [-0.2, 0) is 12.7 Å². The zero-order chi connectivity index (χ0) is 26.3. The summed E-state index contributed by atoms with van der Waals surface area (Å²) in [5.74, 6) is -1.71. The van der Waals surface area contributed by atoms with E-state index in [1.54, 1.807) is 42.1 Å². The number of methoxy groups -OCH3 is 1. The van der Waals surface area contributed by atoms with Gasteiger partial charge in [0, 0.05) is 5.56 Å². The fourth-order valence-corrected chi connectivity index (χ4v) is 4.12. The van der Waals surface area contributed by atoms with E-state index in [0.29, 0.717) is 28.1 Å². The van der Waals surface area contributed by atoms with Crippen LogP contribution in [0.2, 0.25) is 0 Å². The van der Waals surface area contributed by atoms with Crippen LogP contribution in [0.3, 0.4) is 0 Å². The Hall–Kier alpha value is -4.34. The van der Waals surface area contributed by atoms with Gasteiger partial charge in [0.15, 0.2) is 17.5 Å². The first-order valence-corrected chi connectivity index (χ1v) is 11.1. The molecule has 0 spiro atoms. The van der Waals surface area contributed by atoms with Crippen LogP contribution in [0.4, 0.5) is 22.0 Å². The van der Waals surface area contributed by atoms with Crippen LogP contribution in [0.1, 0.15) is 16.7 Å². The summed E-state index contributed by atoms with van der Waals surface area (Å²) in [6.45, 7) is 1.86. The monoisotopic (exact) mass is 510 g/mol. The highest BCUT2D eigenvalue weighted by Gasteiger charge is 2.34. The molecule has 0 radical (unpaired) electrons. The Morgan fingerprint density at radius 3 is 2.41 bits per heavy atom. The van der Waals surface area contributed by atoms with E-state index in [9.17, 15) is 22.0 Å². The summed E-state index contributed by atoms with van der Waals surface area (Å²) < 4.78 is 75.9. The average Bonchev–Trinajstić information content (AvgIpc) is 3.28. The summed E-state index contributed by atoms with van der Waals surface area (Å²) in [4.78, 5) is 8.54. The van der Waals surface area contributed by atoms with E-state index in [1.165, 1.54) is 31.5 Å². The molecule has 2 aliphatic heterocycles. The second-order valence-corrected chi connectivity index (χ2v) is 8.47. The van der Waals surface area contributed by atoms with E-state index in [-0.39, 0.29) is 29.2 Å². The van der Waals surface area contributed by atoms with Gasteiger partial charge in [-0.2, -0.15) is 18.3 Å². The van der Waals surface area contributed by atoms with Crippen LogP contribution in [0.25, 0.3) is 33.9 Å². The van der Waals surface area contributed by atoms with Crippen LogP contribution >= 0.6 is 0 Å². The molecular weight excluding hydrogens is 491 g/mol. The molecule has 0 unspecified atom stereocenters. The van der Waals surface area contributed by atoms with E-state index in [1.807, 2.05) is 0 Å². The topological polar surface area (TPSA) is 52.8 Å². The largest absolute Gasteiger partial charge is 0.496 e. The Kier molecular flexibility index (Phi) is 6.10. The van der Waals surface area contributed by atoms with Crippen molar-refractivity contribution < 1.29 is 26.7 Å². The van der Waals surface area contributed by atoms with Gasteiger partial charge in [0.1, 0.15) is 17.1 Å². The van der Waals surface area contributed by atoms with Gasteiger partial charge in [-0.15, -0.1) is 0 Å². The predicted octanol–water partition coefficient (Wildman–Crippen LogP) is 6.77. The van der Waals surface area contributed by atoms with E-state index < -0.39 is 23.4 Å². The second-order valence-electron chi connectivity index (χ2n) is 8.47. The average molecular weight is 510 g/mol. The summed E-state index contributed by atoms with van der Waals surface area (Å²) in [5, 5.41) is 4.30. The quantitative estimate of drug-likeness (QED) is 0.245. The van der Waals surface area contributed by atoms with Crippen molar-refractivity contribution in [2.24, 2.45) is 0 Å². The van der Waals surface area contributed by atoms with Crippen molar-refractivity contribution in [1.82, 2.24) is 19.7 Å². The number of aryl methyl sites for hydroxylation is 1. The lowest BCUT2D eigenvalue weighted by Crippen LogP contribution is -2.08. The van der Waals surface area contributed by atoms with E-state index in [0.717, 1.165) is 12.1 Å². The maximum absolute atomic E-state index is 14.2. The van der Waals surface area contributed by atoms with Gasteiger partial charge in [-0.05, 0) is 42.3 Å². The highest BCUT2D eigenvalue weighted by atomic mass is 19.4. The van der Waals surface area contributed by atoms with Crippen LogP contribution in [-0.4, -0.2) is 26.9 Å². The number of halogens is 5. The van der Waals surface area contributed by atoms with Gasteiger partial charge in [-0.1, -0.05) is 35.9 Å². The number of aromatic nitrogens is 4. The maximum atomic E-state index is 14.2. The fraction of sp³-hybridized carbons (Fsp3) is 0.148. The molecule has 37 heavy (non-hydrogen) atoms. The first-order chi connectivity index (χ1) is 17.6. The van der Waals surface area contributed by atoms with Gasteiger partial charge >= 0.3 is 6.18 Å². The standard InChI is InChI=1S/C27H19F5N4O/c1-15-6-8-17(20(10-15)27(30,31)32)18-9-7-16(11-24(18)37-2)13-36-14-23-22(12-33-36)34-26(35-23)19-4-3-5-21(28)25(19)29/h3-12,14H,13H2,1-2H3. The molecule has 0 saturated heterocycles. The highest BCUT2D eigenvalue weighted by molar-refractivity contribution is 5.75. The number of alkyl halides is 3. The smallest absolute Gasteiger partial charge is 0.417 e. The van der Waals surface area contributed by atoms with Crippen LogP contribution in [0, 0.1) is 18.6 Å². The van der Waals surface area contributed by atoms with Crippen molar-refractivity contribution >= 4 is 0 Å². The minimum atomic E-state index is -4.52. The fourth-order valence-electron chi connectivity index (χ4n) is 4.12. The van der Waals surface area contributed by atoms with Crippen LogP contribution < -0.4 is 4.74 Å². The molecule has 2 heterocycles. The van der Waals surface area contributed by atoms with Gasteiger partial charge in [-0.3, -0.25) is 4.68 Å².